The molecule has 1 atom stereocenters. The molecule has 16 heavy (non-hydrogen) atoms. The van der Waals surface area contributed by atoms with Crippen LogP contribution >= 0.6 is 22.6 Å². The SMILES string of the molecule is Cc1cc(C(C)N)nc2c(F)cc(I)cc12. The minimum Gasteiger partial charge on any atom is -0.323 e. The predicted octanol–water partition coefficient (Wildman–Crippen LogP) is 3.31. The van der Waals surface area contributed by atoms with Crippen LogP contribution in [0, 0.1) is 16.3 Å². The van der Waals surface area contributed by atoms with Crippen LogP contribution in [0.2, 0.25) is 0 Å². The average Bonchev–Trinajstić information content (AvgIpc) is 2.19. The maximum absolute atomic E-state index is 13.8. The third kappa shape index (κ3) is 2.04. The summed E-state index contributed by atoms with van der Waals surface area (Å²) >= 11 is 2.10. The number of aryl methyl sites for hydroxylation is 1. The van der Waals surface area contributed by atoms with Gasteiger partial charge < -0.3 is 5.73 Å². The summed E-state index contributed by atoms with van der Waals surface area (Å²) in [4.78, 5) is 4.27. The van der Waals surface area contributed by atoms with Crippen molar-refractivity contribution in [3.05, 3.63) is 38.8 Å². The molecule has 0 amide bonds. The first kappa shape index (κ1) is 11.7. The highest BCUT2D eigenvalue weighted by Gasteiger charge is 2.10. The topological polar surface area (TPSA) is 38.9 Å². The largest absolute Gasteiger partial charge is 0.323 e. The Morgan fingerprint density at radius 3 is 2.69 bits per heavy atom. The zero-order chi connectivity index (χ0) is 11.9. The molecular weight excluding hydrogens is 318 g/mol. The van der Waals surface area contributed by atoms with Crippen LogP contribution in [0.5, 0.6) is 0 Å². The number of benzene rings is 1. The fourth-order valence-electron chi connectivity index (χ4n) is 1.67. The lowest BCUT2D eigenvalue weighted by atomic mass is 10.1. The molecule has 4 heteroatoms. The van der Waals surface area contributed by atoms with Gasteiger partial charge in [0.1, 0.15) is 11.3 Å². The lowest BCUT2D eigenvalue weighted by Crippen LogP contribution is -2.08. The van der Waals surface area contributed by atoms with E-state index in [1.807, 2.05) is 26.0 Å². The van der Waals surface area contributed by atoms with E-state index in [0.29, 0.717) is 5.52 Å². The van der Waals surface area contributed by atoms with Crippen molar-refractivity contribution >= 4 is 33.5 Å². The molecule has 0 aliphatic carbocycles. The monoisotopic (exact) mass is 330 g/mol. The molecule has 0 bridgehead atoms. The maximum atomic E-state index is 13.8. The fourth-order valence-corrected chi connectivity index (χ4v) is 2.26. The molecule has 1 heterocycles. The van der Waals surface area contributed by atoms with E-state index < -0.39 is 0 Å². The van der Waals surface area contributed by atoms with Gasteiger partial charge in [-0.1, -0.05) is 0 Å². The molecule has 2 rings (SSSR count). The second-order valence-electron chi connectivity index (χ2n) is 3.94. The van der Waals surface area contributed by atoms with Gasteiger partial charge in [0.25, 0.3) is 0 Å². The number of pyridine rings is 1. The molecule has 2 nitrogen and oxygen atoms in total. The van der Waals surface area contributed by atoms with E-state index in [4.69, 9.17) is 5.73 Å². The number of fused-ring (bicyclic) bond motifs is 1. The van der Waals surface area contributed by atoms with E-state index in [0.717, 1.165) is 20.2 Å². The highest BCUT2D eigenvalue weighted by molar-refractivity contribution is 14.1. The quantitative estimate of drug-likeness (QED) is 0.815. The number of rotatable bonds is 1. The van der Waals surface area contributed by atoms with Gasteiger partial charge in [0.2, 0.25) is 0 Å². The predicted molar refractivity (Wildman–Crippen MR) is 71.8 cm³/mol. The van der Waals surface area contributed by atoms with Gasteiger partial charge in [-0.3, -0.25) is 0 Å². The minimum atomic E-state index is -0.285. The van der Waals surface area contributed by atoms with Gasteiger partial charge in [0.05, 0.1) is 5.69 Å². The summed E-state index contributed by atoms with van der Waals surface area (Å²) in [5, 5.41) is 0.855. The molecule has 1 aromatic heterocycles. The summed E-state index contributed by atoms with van der Waals surface area (Å²) < 4.78 is 14.6. The van der Waals surface area contributed by atoms with Gasteiger partial charge in [-0.2, -0.15) is 0 Å². The first-order chi connectivity index (χ1) is 7.49. The Kier molecular flexibility index (Phi) is 3.12. The molecule has 0 aliphatic heterocycles. The first-order valence-electron chi connectivity index (χ1n) is 5.01. The Morgan fingerprint density at radius 2 is 2.06 bits per heavy atom. The van der Waals surface area contributed by atoms with Crippen LogP contribution in [0.15, 0.2) is 18.2 Å². The Labute approximate surface area is 107 Å². The van der Waals surface area contributed by atoms with Crippen molar-refractivity contribution in [3.8, 4) is 0 Å². The molecule has 2 aromatic rings. The number of hydrogen-bond acceptors (Lipinski definition) is 2. The number of hydrogen-bond donors (Lipinski definition) is 1. The standard InChI is InChI=1S/C12H12FIN2/c1-6-3-11(7(2)15)16-12-9(6)4-8(14)5-10(12)13/h3-5,7H,15H2,1-2H3. The van der Waals surface area contributed by atoms with Gasteiger partial charge in [0, 0.05) is 15.0 Å². The van der Waals surface area contributed by atoms with Crippen LogP contribution < -0.4 is 5.73 Å². The smallest absolute Gasteiger partial charge is 0.150 e. The van der Waals surface area contributed by atoms with E-state index in [9.17, 15) is 4.39 Å². The Morgan fingerprint density at radius 1 is 1.38 bits per heavy atom. The maximum Gasteiger partial charge on any atom is 0.150 e. The Hall–Kier alpha value is -0.750. The highest BCUT2D eigenvalue weighted by atomic mass is 127. The highest BCUT2D eigenvalue weighted by Crippen LogP contribution is 2.24. The summed E-state index contributed by atoms with van der Waals surface area (Å²) in [5.41, 5.74) is 7.91. The first-order valence-corrected chi connectivity index (χ1v) is 6.09. The van der Waals surface area contributed by atoms with Crippen LogP contribution in [0.3, 0.4) is 0 Å². The van der Waals surface area contributed by atoms with E-state index in [1.54, 1.807) is 0 Å². The minimum absolute atomic E-state index is 0.179. The van der Waals surface area contributed by atoms with Crippen molar-refractivity contribution in [2.24, 2.45) is 5.73 Å². The third-order valence-corrected chi connectivity index (χ3v) is 3.15. The van der Waals surface area contributed by atoms with Gasteiger partial charge in [-0.25, -0.2) is 9.37 Å². The zero-order valence-corrected chi connectivity index (χ0v) is 11.2. The molecule has 0 spiro atoms. The summed E-state index contributed by atoms with van der Waals surface area (Å²) in [6.07, 6.45) is 0. The van der Waals surface area contributed by atoms with Crippen molar-refractivity contribution in [3.63, 3.8) is 0 Å². The van der Waals surface area contributed by atoms with Crippen molar-refractivity contribution in [1.82, 2.24) is 4.98 Å². The average molecular weight is 330 g/mol. The van der Waals surface area contributed by atoms with Crippen LogP contribution in [0.1, 0.15) is 24.2 Å². The fraction of sp³-hybridized carbons (Fsp3) is 0.250. The van der Waals surface area contributed by atoms with Gasteiger partial charge >= 0.3 is 0 Å². The molecular formula is C12H12FIN2. The summed E-state index contributed by atoms with van der Waals surface area (Å²) in [5.74, 6) is -0.285. The van der Waals surface area contributed by atoms with Crippen LogP contribution in [0.4, 0.5) is 4.39 Å². The molecule has 0 fully saturated rings. The number of halogens is 2. The summed E-state index contributed by atoms with van der Waals surface area (Å²) in [7, 11) is 0. The van der Waals surface area contributed by atoms with E-state index in [2.05, 4.69) is 27.6 Å². The van der Waals surface area contributed by atoms with Crippen molar-refractivity contribution < 1.29 is 4.39 Å². The molecule has 2 N–H and O–H groups in total. The molecule has 0 radical (unpaired) electrons. The summed E-state index contributed by atoms with van der Waals surface area (Å²) in [6, 6.07) is 5.16. The summed E-state index contributed by atoms with van der Waals surface area (Å²) in [6.45, 7) is 3.80. The molecule has 0 saturated heterocycles. The van der Waals surface area contributed by atoms with Crippen molar-refractivity contribution in [2.75, 3.05) is 0 Å². The second-order valence-corrected chi connectivity index (χ2v) is 5.18. The molecule has 0 saturated carbocycles. The van der Waals surface area contributed by atoms with Crippen molar-refractivity contribution in [2.45, 2.75) is 19.9 Å². The number of aromatic nitrogens is 1. The second kappa shape index (κ2) is 4.25. The van der Waals surface area contributed by atoms with E-state index >= 15 is 0 Å². The molecule has 1 unspecified atom stereocenters. The van der Waals surface area contributed by atoms with Gasteiger partial charge in [0.15, 0.2) is 0 Å². The number of nitrogens with zero attached hydrogens (tertiary/aromatic N) is 1. The normalized spacial score (nSPS) is 13.1. The zero-order valence-electron chi connectivity index (χ0n) is 9.09. The Bertz CT molecular complexity index is 552. The number of nitrogens with two attached hydrogens (primary N) is 1. The lowest BCUT2D eigenvalue weighted by molar-refractivity contribution is 0.634. The third-order valence-electron chi connectivity index (χ3n) is 2.52. The van der Waals surface area contributed by atoms with Crippen LogP contribution in [-0.2, 0) is 0 Å². The Balaban J connectivity index is 2.82. The van der Waals surface area contributed by atoms with Gasteiger partial charge in [-0.05, 0) is 60.2 Å². The van der Waals surface area contributed by atoms with Crippen LogP contribution in [0.25, 0.3) is 10.9 Å². The molecule has 0 aliphatic rings. The van der Waals surface area contributed by atoms with Crippen molar-refractivity contribution in [1.29, 1.82) is 0 Å². The molecule has 1 aromatic carbocycles. The van der Waals surface area contributed by atoms with Crippen LogP contribution in [-0.4, -0.2) is 4.98 Å². The van der Waals surface area contributed by atoms with Gasteiger partial charge in [-0.15, -0.1) is 0 Å². The molecule has 84 valence electrons. The van der Waals surface area contributed by atoms with E-state index in [-0.39, 0.29) is 11.9 Å². The lowest BCUT2D eigenvalue weighted by Gasteiger charge is -2.10. The van der Waals surface area contributed by atoms with E-state index in [1.165, 1.54) is 6.07 Å².